The number of unbranched alkanes of at least 4 members (excludes halogenated alkanes) is 1. The zero-order valence-corrected chi connectivity index (χ0v) is 10.3. The van der Waals surface area contributed by atoms with Crippen molar-refractivity contribution in [2.24, 2.45) is 5.92 Å². The Kier molecular flexibility index (Phi) is 4.12. The quantitative estimate of drug-likeness (QED) is 0.719. The summed E-state index contributed by atoms with van der Waals surface area (Å²) >= 11 is 0. The van der Waals surface area contributed by atoms with Gasteiger partial charge in [0.1, 0.15) is 5.72 Å². The summed E-state index contributed by atoms with van der Waals surface area (Å²) in [5.74, 6) is 0.220. The van der Waals surface area contributed by atoms with E-state index in [1.165, 1.54) is 18.4 Å². The lowest BCUT2D eigenvalue weighted by atomic mass is 9.84. The summed E-state index contributed by atoms with van der Waals surface area (Å²) in [6, 6.07) is 0. The minimum atomic E-state index is -0.797. The van der Waals surface area contributed by atoms with Gasteiger partial charge in [-0.05, 0) is 33.5 Å². The van der Waals surface area contributed by atoms with Gasteiger partial charge in [-0.25, -0.2) is 0 Å². The van der Waals surface area contributed by atoms with Crippen LogP contribution < -0.4 is 0 Å². The topological polar surface area (TPSA) is 23.5 Å². The highest BCUT2D eigenvalue weighted by Crippen LogP contribution is 2.32. The van der Waals surface area contributed by atoms with E-state index in [-0.39, 0.29) is 5.92 Å². The molecule has 0 saturated heterocycles. The van der Waals surface area contributed by atoms with Gasteiger partial charge in [-0.3, -0.25) is 4.90 Å². The Labute approximate surface area is 93.3 Å². The van der Waals surface area contributed by atoms with Crippen LogP contribution in [0.2, 0.25) is 0 Å². The Morgan fingerprint density at radius 2 is 2.13 bits per heavy atom. The first-order valence-corrected chi connectivity index (χ1v) is 5.78. The lowest BCUT2D eigenvalue weighted by Crippen LogP contribution is -2.49. The highest BCUT2D eigenvalue weighted by molar-refractivity contribution is 5.27. The van der Waals surface area contributed by atoms with Gasteiger partial charge in [0.25, 0.3) is 0 Å². The second-order valence-corrected chi connectivity index (χ2v) is 4.67. The molecule has 1 N–H and O–H groups in total. The Morgan fingerprint density at radius 3 is 2.67 bits per heavy atom. The van der Waals surface area contributed by atoms with E-state index in [0.29, 0.717) is 0 Å². The maximum absolute atomic E-state index is 10.5. The third-order valence-corrected chi connectivity index (χ3v) is 3.19. The van der Waals surface area contributed by atoms with Crippen molar-refractivity contribution in [2.75, 3.05) is 14.1 Å². The Hall–Kier alpha value is -0.600. The van der Waals surface area contributed by atoms with Crippen LogP contribution in [-0.2, 0) is 0 Å². The molecule has 2 heteroatoms. The molecule has 0 spiro atoms. The zero-order valence-electron chi connectivity index (χ0n) is 10.3. The van der Waals surface area contributed by atoms with E-state index in [1.807, 2.05) is 31.1 Å². The zero-order chi connectivity index (χ0) is 11.5. The standard InChI is InChI=1S/C13H23NO/c1-5-6-7-12-10-11(2)8-9-13(12,15)14(3)4/h8-10,12,15H,5-7H2,1-4H3. The van der Waals surface area contributed by atoms with Crippen molar-refractivity contribution in [2.45, 2.75) is 38.8 Å². The maximum Gasteiger partial charge on any atom is 0.143 e. The van der Waals surface area contributed by atoms with Crippen molar-refractivity contribution in [3.63, 3.8) is 0 Å². The Morgan fingerprint density at radius 1 is 1.47 bits per heavy atom. The summed E-state index contributed by atoms with van der Waals surface area (Å²) in [6.07, 6.45) is 9.50. The third kappa shape index (κ3) is 2.70. The van der Waals surface area contributed by atoms with Crippen LogP contribution in [0.5, 0.6) is 0 Å². The average molecular weight is 209 g/mol. The van der Waals surface area contributed by atoms with Crippen molar-refractivity contribution in [1.82, 2.24) is 4.90 Å². The van der Waals surface area contributed by atoms with Crippen LogP contribution in [0.1, 0.15) is 33.1 Å². The van der Waals surface area contributed by atoms with Gasteiger partial charge in [-0.1, -0.05) is 37.5 Å². The first-order valence-electron chi connectivity index (χ1n) is 5.78. The van der Waals surface area contributed by atoms with E-state index in [0.717, 1.165) is 6.42 Å². The Balaban J connectivity index is 2.82. The first-order chi connectivity index (χ1) is 7.00. The van der Waals surface area contributed by atoms with E-state index in [2.05, 4.69) is 19.9 Å². The molecule has 0 saturated carbocycles. The molecule has 2 unspecified atom stereocenters. The van der Waals surface area contributed by atoms with Gasteiger partial charge in [0.15, 0.2) is 0 Å². The number of allylic oxidation sites excluding steroid dienone is 2. The van der Waals surface area contributed by atoms with Crippen molar-refractivity contribution in [3.05, 3.63) is 23.8 Å². The molecule has 1 aliphatic rings. The number of rotatable bonds is 4. The molecule has 0 aromatic rings. The molecule has 0 bridgehead atoms. The van der Waals surface area contributed by atoms with Gasteiger partial charge in [-0.15, -0.1) is 0 Å². The first kappa shape index (κ1) is 12.5. The molecule has 2 nitrogen and oxygen atoms in total. The predicted molar refractivity (Wildman–Crippen MR) is 64.5 cm³/mol. The lowest BCUT2D eigenvalue weighted by molar-refractivity contribution is -0.0753. The van der Waals surface area contributed by atoms with E-state index in [1.54, 1.807) is 0 Å². The molecule has 0 aromatic heterocycles. The minimum Gasteiger partial charge on any atom is -0.371 e. The predicted octanol–water partition coefficient (Wildman–Crippen LogP) is 2.56. The summed E-state index contributed by atoms with van der Waals surface area (Å²) in [4.78, 5) is 1.90. The molecule has 86 valence electrons. The van der Waals surface area contributed by atoms with Gasteiger partial charge in [0.05, 0.1) is 0 Å². The molecule has 0 heterocycles. The number of hydrogen-bond acceptors (Lipinski definition) is 2. The summed E-state index contributed by atoms with van der Waals surface area (Å²) < 4.78 is 0. The SMILES string of the molecule is CCCCC1C=C(C)C=CC1(O)N(C)C. The summed E-state index contributed by atoms with van der Waals surface area (Å²) in [6.45, 7) is 4.27. The number of likely N-dealkylation sites (N-methyl/N-ethyl adjacent to an activating group) is 1. The Bertz CT molecular complexity index is 268. The molecular formula is C13H23NO. The van der Waals surface area contributed by atoms with Crippen LogP contribution in [0.4, 0.5) is 0 Å². The molecular weight excluding hydrogens is 186 g/mol. The fourth-order valence-electron chi connectivity index (χ4n) is 2.07. The number of aliphatic hydroxyl groups is 1. The van der Waals surface area contributed by atoms with Gasteiger partial charge in [0.2, 0.25) is 0 Å². The number of nitrogens with zero attached hydrogens (tertiary/aromatic N) is 1. The van der Waals surface area contributed by atoms with Crippen molar-refractivity contribution in [1.29, 1.82) is 0 Å². The highest BCUT2D eigenvalue weighted by atomic mass is 16.3. The summed E-state index contributed by atoms with van der Waals surface area (Å²) in [5.41, 5.74) is 0.455. The van der Waals surface area contributed by atoms with Crippen LogP contribution in [-0.4, -0.2) is 29.8 Å². The van der Waals surface area contributed by atoms with E-state index in [4.69, 9.17) is 0 Å². The third-order valence-electron chi connectivity index (χ3n) is 3.19. The number of hydrogen-bond donors (Lipinski definition) is 1. The van der Waals surface area contributed by atoms with Crippen LogP contribution in [0.25, 0.3) is 0 Å². The molecule has 0 aliphatic heterocycles. The highest BCUT2D eigenvalue weighted by Gasteiger charge is 2.36. The molecule has 1 aliphatic carbocycles. The van der Waals surface area contributed by atoms with E-state index < -0.39 is 5.72 Å². The van der Waals surface area contributed by atoms with E-state index in [9.17, 15) is 5.11 Å². The largest absolute Gasteiger partial charge is 0.371 e. The van der Waals surface area contributed by atoms with Crippen LogP contribution in [0.15, 0.2) is 23.8 Å². The normalized spacial score (nSPS) is 30.8. The average Bonchev–Trinajstić information content (AvgIpc) is 2.19. The second kappa shape index (κ2) is 4.95. The van der Waals surface area contributed by atoms with Crippen molar-refractivity contribution < 1.29 is 5.11 Å². The molecule has 1 rings (SSSR count). The fraction of sp³-hybridized carbons (Fsp3) is 0.692. The van der Waals surface area contributed by atoms with Crippen LogP contribution in [0.3, 0.4) is 0 Å². The molecule has 0 radical (unpaired) electrons. The van der Waals surface area contributed by atoms with Gasteiger partial charge in [-0.2, -0.15) is 0 Å². The maximum atomic E-state index is 10.5. The summed E-state index contributed by atoms with van der Waals surface area (Å²) in [7, 11) is 3.86. The van der Waals surface area contributed by atoms with Crippen LogP contribution >= 0.6 is 0 Å². The monoisotopic (exact) mass is 209 g/mol. The van der Waals surface area contributed by atoms with Gasteiger partial charge in [0, 0.05) is 5.92 Å². The molecule has 0 amide bonds. The smallest absolute Gasteiger partial charge is 0.143 e. The van der Waals surface area contributed by atoms with Gasteiger partial charge < -0.3 is 5.11 Å². The fourth-order valence-corrected chi connectivity index (χ4v) is 2.07. The van der Waals surface area contributed by atoms with Crippen molar-refractivity contribution >= 4 is 0 Å². The molecule has 0 fully saturated rings. The van der Waals surface area contributed by atoms with Gasteiger partial charge >= 0.3 is 0 Å². The molecule has 2 atom stereocenters. The summed E-state index contributed by atoms with van der Waals surface area (Å²) in [5, 5.41) is 10.5. The molecule has 15 heavy (non-hydrogen) atoms. The van der Waals surface area contributed by atoms with E-state index >= 15 is 0 Å². The van der Waals surface area contributed by atoms with Crippen molar-refractivity contribution in [3.8, 4) is 0 Å². The minimum absolute atomic E-state index is 0.220. The second-order valence-electron chi connectivity index (χ2n) is 4.67. The molecule has 0 aromatic carbocycles. The van der Waals surface area contributed by atoms with Crippen LogP contribution in [0, 0.1) is 5.92 Å². The lowest BCUT2D eigenvalue weighted by Gasteiger charge is -2.40.